The third-order valence-corrected chi connectivity index (χ3v) is 2.27. The Morgan fingerprint density at radius 3 is 2.76 bits per heavy atom. The number of hydrogen-bond acceptors (Lipinski definition) is 5. The zero-order valence-corrected chi connectivity index (χ0v) is 9.77. The SMILES string of the molecule is CCc1nn(C)c(NCCC(N)=O)c1[N+](=O)[O-]. The highest BCUT2D eigenvalue weighted by Crippen LogP contribution is 2.28. The number of hydrogen-bond donors (Lipinski definition) is 2. The van der Waals surface area contributed by atoms with Gasteiger partial charge in [-0.25, -0.2) is 4.68 Å². The molecule has 0 saturated carbocycles. The zero-order valence-electron chi connectivity index (χ0n) is 9.77. The van der Waals surface area contributed by atoms with Crippen LogP contribution in [-0.2, 0) is 18.3 Å². The maximum absolute atomic E-state index is 10.9. The van der Waals surface area contributed by atoms with Crippen LogP contribution in [0.15, 0.2) is 0 Å². The second-order valence-electron chi connectivity index (χ2n) is 3.52. The molecule has 94 valence electrons. The Hall–Kier alpha value is -2.12. The lowest BCUT2D eigenvalue weighted by molar-refractivity contribution is -0.384. The quantitative estimate of drug-likeness (QED) is 0.544. The summed E-state index contributed by atoms with van der Waals surface area (Å²) in [5.41, 5.74) is 5.36. The van der Waals surface area contributed by atoms with Gasteiger partial charge in [-0.2, -0.15) is 5.10 Å². The molecule has 1 rings (SSSR count). The minimum absolute atomic E-state index is 0.0422. The van der Waals surface area contributed by atoms with Crippen molar-refractivity contribution in [3.63, 3.8) is 0 Å². The molecule has 0 spiro atoms. The van der Waals surface area contributed by atoms with E-state index >= 15 is 0 Å². The largest absolute Gasteiger partial charge is 0.370 e. The number of amides is 1. The molecule has 1 aromatic heterocycles. The van der Waals surface area contributed by atoms with Crippen LogP contribution in [0.1, 0.15) is 19.0 Å². The van der Waals surface area contributed by atoms with E-state index < -0.39 is 10.8 Å². The molecule has 0 radical (unpaired) electrons. The van der Waals surface area contributed by atoms with Crippen LogP contribution in [0.4, 0.5) is 11.5 Å². The minimum atomic E-state index is -0.474. The van der Waals surface area contributed by atoms with Gasteiger partial charge in [0.1, 0.15) is 5.69 Å². The molecule has 8 heteroatoms. The number of aryl methyl sites for hydroxylation is 2. The number of nitrogens with zero attached hydrogens (tertiary/aromatic N) is 3. The van der Waals surface area contributed by atoms with Crippen molar-refractivity contribution < 1.29 is 9.72 Å². The number of nitrogens with one attached hydrogen (secondary N) is 1. The molecular weight excluding hydrogens is 226 g/mol. The Kier molecular flexibility index (Phi) is 4.02. The Morgan fingerprint density at radius 2 is 2.29 bits per heavy atom. The normalized spacial score (nSPS) is 10.2. The van der Waals surface area contributed by atoms with Gasteiger partial charge in [0.15, 0.2) is 0 Å². The summed E-state index contributed by atoms with van der Waals surface area (Å²) >= 11 is 0. The van der Waals surface area contributed by atoms with E-state index in [-0.39, 0.29) is 18.7 Å². The van der Waals surface area contributed by atoms with Crippen molar-refractivity contribution in [2.45, 2.75) is 19.8 Å². The fourth-order valence-electron chi connectivity index (χ4n) is 1.50. The molecule has 0 saturated heterocycles. The average molecular weight is 241 g/mol. The van der Waals surface area contributed by atoms with Crippen molar-refractivity contribution >= 4 is 17.4 Å². The molecule has 8 nitrogen and oxygen atoms in total. The summed E-state index contributed by atoms with van der Waals surface area (Å²) in [6.07, 6.45) is 0.589. The third kappa shape index (κ3) is 2.92. The summed E-state index contributed by atoms with van der Waals surface area (Å²) in [4.78, 5) is 21.0. The second kappa shape index (κ2) is 5.28. The molecule has 0 aliphatic carbocycles. The Morgan fingerprint density at radius 1 is 1.65 bits per heavy atom. The lowest BCUT2D eigenvalue weighted by Crippen LogP contribution is -2.17. The van der Waals surface area contributed by atoms with E-state index in [9.17, 15) is 14.9 Å². The van der Waals surface area contributed by atoms with Crippen LogP contribution in [0, 0.1) is 10.1 Å². The summed E-state index contributed by atoms with van der Waals surface area (Å²) in [7, 11) is 1.61. The third-order valence-electron chi connectivity index (χ3n) is 2.27. The number of nitrogens with two attached hydrogens (primary N) is 1. The number of anilines is 1. The van der Waals surface area contributed by atoms with Crippen molar-refractivity contribution in [2.24, 2.45) is 12.8 Å². The molecule has 0 aromatic carbocycles. The summed E-state index contributed by atoms with van der Waals surface area (Å²) in [5, 5.41) is 17.8. The van der Waals surface area contributed by atoms with Gasteiger partial charge >= 0.3 is 5.69 Å². The zero-order chi connectivity index (χ0) is 13.0. The fraction of sp³-hybridized carbons (Fsp3) is 0.556. The van der Waals surface area contributed by atoms with Crippen molar-refractivity contribution in [1.29, 1.82) is 0 Å². The van der Waals surface area contributed by atoms with Gasteiger partial charge in [-0.3, -0.25) is 14.9 Å². The fourth-order valence-corrected chi connectivity index (χ4v) is 1.50. The van der Waals surface area contributed by atoms with E-state index in [4.69, 9.17) is 5.73 Å². The van der Waals surface area contributed by atoms with E-state index in [2.05, 4.69) is 10.4 Å². The van der Waals surface area contributed by atoms with Gasteiger partial charge in [0.05, 0.1) is 4.92 Å². The molecule has 1 amide bonds. The Bertz CT molecular complexity index is 440. The van der Waals surface area contributed by atoms with E-state index in [1.165, 1.54) is 4.68 Å². The molecule has 0 aliphatic heterocycles. The monoisotopic (exact) mass is 241 g/mol. The van der Waals surface area contributed by atoms with Gasteiger partial charge < -0.3 is 11.1 Å². The lowest BCUT2D eigenvalue weighted by Gasteiger charge is -2.04. The molecular formula is C9H15N5O3. The van der Waals surface area contributed by atoms with Crippen LogP contribution in [0.25, 0.3) is 0 Å². The van der Waals surface area contributed by atoms with E-state index in [0.29, 0.717) is 17.9 Å². The molecule has 0 bridgehead atoms. The van der Waals surface area contributed by atoms with Crippen molar-refractivity contribution in [3.05, 3.63) is 15.8 Å². The molecule has 1 aromatic rings. The molecule has 3 N–H and O–H groups in total. The van der Waals surface area contributed by atoms with E-state index in [1.807, 2.05) is 0 Å². The van der Waals surface area contributed by atoms with Gasteiger partial charge in [0.2, 0.25) is 11.7 Å². The summed E-state index contributed by atoms with van der Waals surface area (Å²) in [5.74, 6) is -0.161. The predicted molar refractivity (Wildman–Crippen MR) is 61.5 cm³/mol. The molecule has 0 aliphatic rings. The molecule has 1 heterocycles. The van der Waals surface area contributed by atoms with Crippen LogP contribution >= 0.6 is 0 Å². The standard InChI is InChI=1S/C9H15N5O3/c1-3-6-8(14(16)17)9(13(2)12-6)11-5-4-7(10)15/h11H,3-5H2,1-2H3,(H2,10,15). The first kappa shape index (κ1) is 12.9. The summed E-state index contributed by atoms with van der Waals surface area (Å²) in [6.45, 7) is 2.04. The van der Waals surface area contributed by atoms with Crippen LogP contribution in [0.5, 0.6) is 0 Å². The van der Waals surface area contributed by atoms with E-state index in [0.717, 1.165) is 0 Å². The van der Waals surface area contributed by atoms with Gasteiger partial charge in [-0.05, 0) is 6.42 Å². The van der Waals surface area contributed by atoms with Crippen LogP contribution in [0.2, 0.25) is 0 Å². The molecule has 0 fully saturated rings. The maximum atomic E-state index is 10.9. The maximum Gasteiger partial charge on any atom is 0.333 e. The number of primary amides is 1. The van der Waals surface area contributed by atoms with E-state index in [1.54, 1.807) is 14.0 Å². The highest BCUT2D eigenvalue weighted by molar-refractivity contribution is 5.74. The highest BCUT2D eigenvalue weighted by atomic mass is 16.6. The number of aromatic nitrogens is 2. The van der Waals surface area contributed by atoms with Gasteiger partial charge in [-0.1, -0.05) is 6.92 Å². The van der Waals surface area contributed by atoms with Crippen LogP contribution < -0.4 is 11.1 Å². The molecule has 0 unspecified atom stereocenters. The second-order valence-corrected chi connectivity index (χ2v) is 3.52. The van der Waals surface area contributed by atoms with Crippen LogP contribution in [0.3, 0.4) is 0 Å². The number of nitro groups is 1. The van der Waals surface area contributed by atoms with Crippen molar-refractivity contribution in [2.75, 3.05) is 11.9 Å². The van der Waals surface area contributed by atoms with Crippen LogP contribution in [-0.4, -0.2) is 27.2 Å². The average Bonchev–Trinajstić information content (AvgIpc) is 2.55. The minimum Gasteiger partial charge on any atom is -0.370 e. The number of carbonyl (C=O) groups excluding carboxylic acids is 1. The number of carbonyl (C=O) groups is 1. The summed E-state index contributed by atoms with van der Waals surface area (Å²) in [6, 6.07) is 0. The first-order chi connectivity index (χ1) is 7.97. The van der Waals surface area contributed by atoms with Gasteiger partial charge in [0, 0.05) is 20.0 Å². The lowest BCUT2D eigenvalue weighted by atomic mass is 10.3. The predicted octanol–water partition coefficient (Wildman–Crippen LogP) is 0.178. The van der Waals surface area contributed by atoms with Gasteiger partial charge in [0.25, 0.3) is 0 Å². The van der Waals surface area contributed by atoms with Gasteiger partial charge in [-0.15, -0.1) is 0 Å². The first-order valence-corrected chi connectivity index (χ1v) is 5.19. The molecule has 17 heavy (non-hydrogen) atoms. The summed E-state index contributed by atoms with van der Waals surface area (Å²) < 4.78 is 1.40. The van der Waals surface area contributed by atoms with Crippen molar-refractivity contribution in [1.82, 2.24) is 9.78 Å². The topological polar surface area (TPSA) is 116 Å². The molecule has 0 atom stereocenters. The smallest absolute Gasteiger partial charge is 0.333 e. The highest BCUT2D eigenvalue weighted by Gasteiger charge is 2.25. The number of rotatable bonds is 6. The van der Waals surface area contributed by atoms with Crippen molar-refractivity contribution in [3.8, 4) is 0 Å². The Balaban J connectivity index is 2.93. The first-order valence-electron chi connectivity index (χ1n) is 5.19. The Labute approximate surface area is 97.9 Å².